The SMILES string of the molecule is CCC(C)COC(F)(C(F)(F)F)C(F)(F)OC(C(=O)OC)C(F)(F)F.CCC(C)COC(F)(C(F)(F)F)C(F)(F)OC(C(=O)OC)C(F)(F)F.CCC(C)OC(F)(F)C(F)(OCC(F)(F)C(=O)OC)C(F)(F)F.CCC(C)OC(F)(F)C(F)(OCC(F)(F)CC(=O)OC)C(F)(F)F. The van der Waals surface area contributed by atoms with E-state index in [0.717, 1.165) is 13.8 Å². The molecular formula is C47H60F34O16. The van der Waals surface area contributed by atoms with Gasteiger partial charge in [0.1, 0.15) is 19.6 Å². The van der Waals surface area contributed by atoms with Gasteiger partial charge in [0.05, 0.1) is 53.9 Å². The van der Waals surface area contributed by atoms with Crippen LogP contribution in [0.2, 0.25) is 0 Å². The van der Waals surface area contributed by atoms with Crippen molar-refractivity contribution in [2.75, 3.05) is 54.9 Å². The predicted molar refractivity (Wildman–Crippen MR) is 248 cm³/mol. The van der Waals surface area contributed by atoms with Gasteiger partial charge in [0.25, 0.3) is 18.1 Å². The Morgan fingerprint density at radius 3 is 0.804 bits per heavy atom. The Hall–Kier alpha value is -4.82. The summed E-state index contributed by atoms with van der Waals surface area (Å²) >= 11 is 0. The number of ether oxygens (including phenoxy) is 12. The number of methoxy groups -OCH3 is 4. The molecular weight excluding hydrogens is 1470 g/mol. The minimum atomic E-state index is -6.46. The molecule has 0 bridgehead atoms. The second kappa shape index (κ2) is 36.7. The highest BCUT2D eigenvalue weighted by Crippen LogP contribution is 2.53. The van der Waals surface area contributed by atoms with Crippen LogP contribution in [0.4, 0.5) is 149 Å². The average molecular weight is 1530 g/mol. The summed E-state index contributed by atoms with van der Waals surface area (Å²) in [5.74, 6) is -43.3. The van der Waals surface area contributed by atoms with Crippen molar-refractivity contribution in [1.29, 1.82) is 0 Å². The number of carbonyl (C=O) groups is 4. The standard InChI is InChI=1S/2C12H15F9O4.C12H16F8O4.C11H14F8O4/c2*1-4-6(2)5-24-10(16,11(17,18)19)12(20,21)25-7(8(22)23-3)9(13,14)15;1-4-7(2)24-12(19,20)10(15,11(16,17)18)23-6-9(13,14)5-8(21)22-3;1-4-6(2)23-11(18,19)9(14,10(15,16)17)22-5-8(12,13)7(20)21-3/h2*6-7H,4-5H2,1-3H3;7H,4-6H2,1-3H3;6H,4-5H2,1-3H3. The summed E-state index contributed by atoms with van der Waals surface area (Å²) in [6.45, 7) is 2.18. The van der Waals surface area contributed by atoms with Gasteiger partial charge >= 0.3 is 115 Å². The predicted octanol–water partition coefficient (Wildman–Crippen LogP) is 15.3. The molecule has 0 saturated carbocycles. The number of alkyl halides is 34. The van der Waals surface area contributed by atoms with Gasteiger partial charge in [-0.1, -0.05) is 54.4 Å². The van der Waals surface area contributed by atoms with Crippen molar-refractivity contribution in [3.8, 4) is 0 Å². The van der Waals surface area contributed by atoms with E-state index in [9.17, 15) is 168 Å². The van der Waals surface area contributed by atoms with Crippen molar-refractivity contribution in [3.63, 3.8) is 0 Å². The zero-order chi connectivity index (χ0) is 78.6. The first-order valence-corrected chi connectivity index (χ1v) is 25.8. The van der Waals surface area contributed by atoms with E-state index in [-0.39, 0.29) is 25.7 Å². The lowest BCUT2D eigenvalue weighted by Gasteiger charge is -2.36. The van der Waals surface area contributed by atoms with E-state index in [1.54, 1.807) is 0 Å². The third-order valence-electron chi connectivity index (χ3n) is 11.3. The van der Waals surface area contributed by atoms with Gasteiger partial charge in [0.2, 0.25) is 0 Å². The Morgan fingerprint density at radius 1 is 0.330 bits per heavy atom. The molecule has 0 fully saturated rings. The van der Waals surface area contributed by atoms with Gasteiger partial charge in [0.15, 0.2) is 0 Å². The second-order valence-corrected chi connectivity index (χ2v) is 19.3. The van der Waals surface area contributed by atoms with E-state index in [1.807, 2.05) is 0 Å². The highest BCUT2D eigenvalue weighted by atomic mass is 19.4. The third kappa shape index (κ3) is 28.3. The normalized spacial score (nSPS) is 17.9. The first-order chi connectivity index (χ1) is 42.8. The van der Waals surface area contributed by atoms with Crippen LogP contribution in [-0.2, 0) is 76.0 Å². The van der Waals surface area contributed by atoms with Gasteiger partial charge in [-0.2, -0.15) is 140 Å². The Labute approximate surface area is 524 Å². The number of hydrogen-bond acceptors (Lipinski definition) is 16. The van der Waals surface area contributed by atoms with Gasteiger partial charge in [-0.05, 0) is 38.5 Å². The number of halogens is 34. The molecule has 0 radical (unpaired) electrons. The van der Waals surface area contributed by atoms with E-state index in [4.69, 9.17) is 0 Å². The summed E-state index contributed by atoms with van der Waals surface area (Å²) in [7, 11) is 1.86. The van der Waals surface area contributed by atoms with Crippen LogP contribution in [-0.4, -0.2) is 200 Å². The number of esters is 4. The summed E-state index contributed by atoms with van der Waals surface area (Å²) in [6, 6.07) is 0. The van der Waals surface area contributed by atoms with Crippen LogP contribution in [0.25, 0.3) is 0 Å². The van der Waals surface area contributed by atoms with E-state index in [2.05, 4.69) is 56.8 Å². The fourth-order valence-corrected chi connectivity index (χ4v) is 4.99. The molecule has 10 atom stereocenters. The monoisotopic (exact) mass is 1530 g/mol. The summed E-state index contributed by atoms with van der Waals surface area (Å²) in [5, 5.41) is 0. The average Bonchev–Trinajstić information content (AvgIpc) is 0.785. The van der Waals surface area contributed by atoms with E-state index in [1.165, 1.54) is 41.5 Å². The third-order valence-corrected chi connectivity index (χ3v) is 11.3. The molecule has 0 aromatic heterocycles. The van der Waals surface area contributed by atoms with E-state index < -0.39 is 190 Å². The first-order valence-electron chi connectivity index (χ1n) is 25.8. The van der Waals surface area contributed by atoms with Crippen LogP contribution >= 0.6 is 0 Å². The lowest BCUT2D eigenvalue weighted by Crippen LogP contribution is -2.61. The molecule has 10 unspecified atom stereocenters. The molecule has 16 nitrogen and oxygen atoms in total. The Kier molecular flexibility index (Phi) is 37.3. The summed E-state index contributed by atoms with van der Waals surface area (Å²) < 4.78 is 485. The molecule has 50 heteroatoms. The molecule has 0 aromatic carbocycles. The zero-order valence-electron chi connectivity index (χ0n) is 51.2. The molecule has 0 saturated heterocycles. The van der Waals surface area contributed by atoms with E-state index >= 15 is 0 Å². The molecule has 0 aromatic rings. The lowest BCUT2D eigenvalue weighted by molar-refractivity contribution is -0.472. The molecule has 97 heavy (non-hydrogen) atoms. The van der Waals surface area contributed by atoms with Crippen LogP contribution in [0.15, 0.2) is 0 Å². The maximum Gasteiger partial charge on any atom is 0.457 e. The molecule has 0 amide bonds. The Bertz CT molecular complexity index is 2290. The summed E-state index contributed by atoms with van der Waals surface area (Å²) in [4.78, 5) is 43.0. The van der Waals surface area contributed by atoms with Gasteiger partial charge in [-0.25, -0.2) is 23.2 Å². The molecule has 0 aliphatic carbocycles. The maximum atomic E-state index is 13.9. The largest absolute Gasteiger partial charge is 0.469 e. The van der Waals surface area contributed by atoms with Crippen LogP contribution in [0, 0.1) is 11.8 Å². The molecule has 0 heterocycles. The van der Waals surface area contributed by atoms with Crippen molar-refractivity contribution in [2.24, 2.45) is 11.8 Å². The molecule has 0 N–H and O–H groups in total. The van der Waals surface area contributed by atoms with Crippen molar-refractivity contribution >= 4 is 23.9 Å². The minimum Gasteiger partial charge on any atom is -0.469 e. The van der Waals surface area contributed by atoms with E-state index in [0.29, 0.717) is 28.4 Å². The van der Waals surface area contributed by atoms with Crippen LogP contribution in [0.3, 0.4) is 0 Å². The second-order valence-electron chi connectivity index (χ2n) is 19.3. The topological polar surface area (TPSA) is 179 Å². The van der Waals surface area contributed by atoms with Crippen molar-refractivity contribution < 1.29 is 225 Å². The molecule has 0 aliphatic heterocycles. The smallest absolute Gasteiger partial charge is 0.457 e. The number of carbonyl (C=O) groups excluding carboxylic acids is 4. The van der Waals surface area contributed by atoms with Crippen LogP contribution in [0.1, 0.15) is 87.5 Å². The van der Waals surface area contributed by atoms with Gasteiger partial charge in [0, 0.05) is 0 Å². The first kappa shape index (κ1) is 98.6. The fraction of sp³-hybridized carbons (Fsp3) is 0.915. The lowest BCUT2D eigenvalue weighted by atomic mass is 10.1. The van der Waals surface area contributed by atoms with Crippen molar-refractivity contribution in [1.82, 2.24) is 0 Å². The fourth-order valence-electron chi connectivity index (χ4n) is 4.99. The molecule has 0 aliphatic rings. The van der Waals surface area contributed by atoms with Crippen LogP contribution < -0.4 is 0 Å². The van der Waals surface area contributed by atoms with Crippen LogP contribution in [0.5, 0.6) is 0 Å². The van der Waals surface area contributed by atoms with Gasteiger partial charge < -0.3 is 47.4 Å². The minimum absolute atomic E-state index is 0.105. The summed E-state index contributed by atoms with van der Waals surface area (Å²) in [5.41, 5.74) is 0. The highest BCUT2D eigenvalue weighted by molar-refractivity contribution is 5.77. The quantitative estimate of drug-likeness (QED) is 0.0344. The molecule has 0 spiro atoms. The number of rotatable bonds is 33. The van der Waals surface area contributed by atoms with Gasteiger partial charge in [-0.15, -0.1) is 0 Å². The highest BCUT2D eigenvalue weighted by Gasteiger charge is 2.79. The Morgan fingerprint density at radius 2 is 0.588 bits per heavy atom. The van der Waals surface area contributed by atoms with Crippen molar-refractivity contribution in [3.05, 3.63) is 0 Å². The Balaban J connectivity index is -0.000000595. The van der Waals surface area contributed by atoms with Crippen molar-refractivity contribution in [2.45, 2.75) is 209 Å². The summed E-state index contributed by atoms with van der Waals surface area (Å²) in [6.07, 6.45) is -74.5. The zero-order valence-corrected chi connectivity index (χ0v) is 51.2. The molecule has 582 valence electrons. The van der Waals surface area contributed by atoms with Gasteiger partial charge in [-0.3, -0.25) is 14.3 Å². The molecule has 0 rings (SSSR count). The maximum absolute atomic E-state index is 13.9. The number of hydrogen-bond donors (Lipinski definition) is 0.